The smallest absolute Gasteiger partial charge is 0.336 e. The molecule has 1 aromatic rings. The molecule has 2 atom stereocenters. The summed E-state index contributed by atoms with van der Waals surface area (Å²) in [6.07, 6.45) is -0.463. The van der Waals surface area contributed by atoms with Gasteiger partial charge in [0.15, 0.2) is 6.10 Å². The maximum absolute atomic E-state index is 11.5. The van der Waals surface area contributed by atoms with Crippen molar-refractivity contribution in [2.45, 2.75) is 25.6 Å². The van der Waals surface area contributed by atoms with E-state index in [1.165, 1.54) is 12.7 Å². The lowest BCUT2D eigenvalue weighted by Crippen LogP contribution is -2.50. The summed E-state index contributed by atoms with van der Waals surface area (Å²) < 4.78 is 10.2. The maximum atomic E-state index is 11.5. The van der Waals surface area contributed by atoms with E-state index < -0.39 is 6.10 Å². The van der Waals surface area contributed by atoms with Gasteiger partial charge in [-0.15, -0.1) is 0 Å². The maximum Gasteiger partial charge on any atom is 0.336 e. The van der Waals surface area contributed by atoms with Crippen LogP contribution in [0.3, 0.4) is 0 Å². The number of carbonyl (C=O) groups is 1. The van der Waals surface area contributed by atoms with Gasteiger partial charge in [0.1, 0.15) is 0 Å². The van der Waals surface area contributed by atoms with E-state index in [0.717, 1.165) is 6.54 Å². The second kappa shape index (κ2) is 5.98. The average molecular weight is 249 g/mol. The van der Waals surface area contributed by atoms with Crippen LogP contribution in [0, 0.1) is 0 Å². The van der Waals surface area contributed by atoms with E-state index in [9.17, 15) is 4.79 Å². The fraction of sp³-hybridized carbons (Fsp3) is 0.500. The number of carbonyl (C=O) groups excluding carboxylic acids is 1. The van der Waals surface area contributed by atoms with Crippen molar-refractivity contribution in [2.24, 2.45) is 0 Å². The van der Waals surface area contributed by atoms with E-state index in [4.69, 9.17) is 9.47 Å². The number of hydrogen-bond donors (Lipinski definition) is 0. The molecule has 4 nitrogen and oxygen atoms in total. The van der Waals surface area contributed by atoms with Gasteiger partial charge in [-0.25, -0.2) is 4.79 Å². The quantitative estimate of drug-likeness (QED) is 0.760. The summed E-state index contributed by atoms with van der Waals surface area (Å²) in [5.74, 6) is -0.292. The molecule has 0 saturated carbocycles. The molecule has 0 aromatic heterocycles. The molecule has 1 fully saturated rings. The Balaban J connectivity index is 2.00. The first-order valence-electron chi connectivity index (χ1n) is 6.18. The summed E-state index contributed by atoms with van der Waals surface area (Å²) in [7, 11) is 1.39. The lowest BCUT2D eigenvalue weighted by molar-refractivity contribution is -0.163. The topological polar surface area (TPSA) is 38.8 Å². The highest BCUT2D eigenvalue weighted by atomic mass is 16.6. The number of methoxy groups -OCH3 is 1. The van der Waals surface area contributed by atoms with Gasteiger partial charge in [-0.05, 0) is 12.5 Å². The van der Waals surface area contributed by atoms with Crippen LogP contribution < -0.4 is 0 Å². The van der Waals surface area contributed by atoms with Gasteiger partial charge >= 0.3 is 5.97 Å². The molecule has 0 bridgehead atoms. The molecule has 1 saturated heterocycles. The Morgan fingerprint density at radius 1 is 1.44 bits per heavy atom. The van der Waals surface area contributed by atoms with Crippen molar-refractivity contribution in [3.63, 3.8) is 0 Å². The minimum absolute atomic E-state index is 0.292. The van der Waals surface area contributed by atoms with Gasteiger partial charge in [0.05, 0.1) is 13.7 Å². The standard InChI is InChI=1S/C14H19NO3/c1-11-10-18-13(14(16)17-2)9-15(11)8-12-6-4-3-5-7-12/h3-7,11,13H,8-10H2,1-2H3/t11-,13-/m1/s1. The second-order valence-electron chi connectivity index (χ2n) is 4.61. The van der Waals surface area contributed by atoms with Gasteiger partial charge in [0, 0.05) is 19.1 Å². The van der Waals surface area contributed by atoms with Crippen LogP contribution in [0.2, 0.25) is 0 Å². The molecule has 0 unspecified atom stereocenters. The first-order chi connectivity index (χ1) is 8.70. The van der Waals surface area contributed by atoms with Crippen LogP contribution in [0.4, 0.5) is 0 Å². The van der Waals surface area contributed by atoms with Crippen molar-refractivity contribution in [3.05, 3.63) is 35.9 Å². The summed E-state index contributed by atoms with van der Waals surface area (Å²) in [5.41, 5.74) is 1.25. The molecule has 0 aliphatic carbocycles. The third-order valence-corrected chi connectivity index (χ3v) is 3.25. The molecule has 4 heteroatoms. The summed E-state index contributed by atoms with van der Waals surface area (Å²) >= 11 is 0. The predicted octanol–water partition coefficient (Wildman–Crippen LogP) is 1.45. The Morgan fingerprint density at radius 3 is 2.83 bits per heavy atom. The van der Waals surface area contributed by atoms with Crippen LogP contribution >= 0.6 is 0 Å². The summed E-state index contributed by atoms with van der Waals surface area (Å²) in [5, 5.41) is 0. The van der Waals surface area contributed by atoms with Crippen LogP contribution in [0.25, 0.3) is 0 Å². The molecular weight excluding hydrogens is 230 g/mol. The zero-order valence-electron chi connectivity index (χ0n) is 10.8. The molecule has 18 heavy (non-hydrogen) atoms. The Labute approximate surface area is 107 Å². The fourth-order valence-corrected chi connectivity index (χ4v) is 2.12. The monoisotopic (exact) mass is 249 g/mol. The number of rotatable bonds is 3. The van der Waals surface area contributed by atoms with Gasteiger partial charge in [0.25, 0.3) is 0 Å². The van der Waals surface area contributed by atoms with Crippen molar-refractivity contribution < 1.29 is 14.3 Å². The minimum Gasteiger partial charge on any atom is -0.467 e. The van der Waals surface area contributed by atoms with Gasteiger partial charge in [0.2, 0.25) is 0 Å². The predicted molar refractivity (Wildman–Crippen MR) is 68.1 cm³/mol. The van der Waals surface area contributed by atoms with Crippen molar-refractivity contribution in [2.75, 3.05) is 20.3 Å². The van der Waals surface area contributed by atoms with Crippen molar-refractivity contribution in [1.82, 2.24) is 4.90 Å². The highest BCUT2D eigenvalue weighted by Gasteiger charge is 2.31. The summed E-state index contributed by atoms with van der Waals surface area (Å²) in [6, 6.07) is 10.6. The molecule has 1 aromatic carbocycles. The summed E-state index contributed by atoms with van der Waals surface area (Å²) in [6.45, 7) is 4.09. The molecule has 0 amide bonds. The Kier molecular flexibility index (Phi) is 4.33. The zero-order chi connectivity index (χ0) is 13.0. The van der Waals surface area contributed by atoms with Gasteiger partial charge < -0.3 is 9.47 Å². The largest absolute Gasteiger partial charge is 0.467 e. The van der Waals surface area contributed by atoms with Crippen molar-refractivity contribution in [1.29, 1.82) is 0 Å². The van der Waals surface area contributed by atoms with Crippen LogP contribution in [0.15, 0.2) is 30.3 Å². The SMILES string of the molecule is COC(=O)[C@H]1CN(Cc2ccccc2)[C@H](C)CO1. The molecule has 0 radical (unpaired) electrons. The third-order valence-electron chi connectivity index (χ3n) is 3.25. The van der Waals surface area contributed by atoms with Gasteiger partial charge in [-0.1, -0.05) is 30.3 Å². The highest BCUT2D eigenvalue weighted by Crippen LogP contribution is 2.16. The average Bonchev–Trinajstić information content (AvgIpc) is 2.41. The highest BCUT2D eigenvalue weighted by molar-refractivity contribution is 5.74. The van der Waals surface area contributed by atoms with Crippen molar-refractivity contribution in [3.8, 4) is 0 Å². The normalized spacial score (nSPS) is 24.8. The van der Waals surface area contributed by atoms with E-state index >= 15 is 0 Å². The summed E-state index contributed by atoms with van der Waals surface area (Å²) in [4.78, 5) is 13.7. The van der Waals surface area contributed by atoms with Crippen LogP contribution in [-0.2, 0) is 20.8 Å². The Hall–Kier alpha value is -1.39. The third kappa shape index (κ3) is 3.09. The zero-order valence-corrected chi connectivity index (χ0v) is 10.8. The van der Waals surface area contributed by atoms with E-state index in [2.05, 4.69) is 24.0 Å². The molecule has 1 aliphatic heterocycles. The first-order valence-corrected chi connectivity index (χ1v) is 6.18. The minimum atomic E-state index is -0.463. The van der Waals surface area contributed by atoms with E-state index in [-0.39, 0.29) is 5.97 Å². The van der Waals surface area contributed by atoms with E-state index in [1.54, 1.807) is 0 Å². The second-order valence-corrected chi connectivity index (χ2v) is 4.61. The lowest BCUT2D eigenvalue weighted by atomic mass is 10.1. The molecule has 0 spiro atoms. The molecular formula is C14H19NO3. The Morgan fingerprint density at radius 2 is 2.17 bits per heavy atom. The molecule has 98 valence electrons. The van der Waals surface area contributed by atoms with Crippen LogP contribution in [-0.4, -0.2) is 43.3 Å². The first kappa shape index (κ1) is 13.1. The molecule has 1 aliphatic rings. The number of hydrogen-bond acceptors (Lipinski definition) is 4. The molecule has 2 rings (SSSR count). The molecule has 0 N–H and O–H groups in total. The molecule has 1 heterocycles. The van der Waals surface area contributed by atoms with Crippen LogP contribution in [0.5, 0.6) is 0 Å². The number of morpholine rings is 1. The van der Waals surface area contributed by atoms with E-state index in [1.807, 2.05) is 18.2 Å². The van der Waals surface area contributed by atoms with Crippen molar-refractivity contribution >= 4 is 5.97 Å². The number of esters is 1. The number of ether oxygens (including phenoxy) is 2. The van der Waals surface area contributed by atoms with E-state index in [0.29, 0.717) is 19.2 Å². The lowest BCUT2D eigenvalue weighted by Gasteiger charge is -2.36. The van der Waals surface area contributed by atoms with Gasteiger partial charge in [-0.2, -0.15) is 0 Å². The fourth-order valence-electron chi connectivity index (χ4n) is 2.12. The van der Waals surface area contributed by atoms with Crippen LogP contribution in [0.1, 0.15) is 12.5 Å². The van der Waals surface area contributed by atoms with Gasteiger partial charge in [-0.3, -0.25) is 4.90 Å². The Bertz CT molecular complexity index is 393. The number of nitrogens with zero attached hydrogens (tertiary/aromatic N) is 1. The number of benzene rings is 1.